The molecule has 0 saturated heterocycles. The maximum Gasteiger partial charge on any atom is 0.268 e. The number of nitrogens with one attached hydrogen (secondary N) is 1. The van der Waals surface area contributed by atoms with Gasteiger partial charge in [-0.3, -0.25) is 19.0 Å². The number of carbonyl (C=O) groups is 2. The molecule has 31 heavy (non-hydrogen) atoms. The van der Waals surface area contributed by atoms with Crippen molar-refractivity contribution < 1.29 is 9.59 Å². The van der Waals surface area contributed by atoms with E-state index < -0.39 is 11.5 Å². The van der Waals surface area contributed by atoms with E-state index in [1.54, 1.807) is 12.1 Å². The molecule has 0 radical (unpaired) electrons. The Morgan fingerprint density at radius 1 is 1.10 bits per heavy atom. The van der Waals surface area contributed by atoms with Gasteiger partial charge in [0, 0.05) is 29.6 Å². The average molecular weight is 436 g/mol. The molecule has 6 nitrogen and oxygen atoms in total. The summed E-state index contributed by atoms with van der Waals surface area (Å²) >= 11 is 5.84. The Bertz CT molecular complexity index is 1240. The molecule has 0 unspecified atom stereocenters. The Morgan fingerprint density at radius 2 is 1.81 bits per heavy atom. The van der Waals surface area contributed by atoms with E-state index in [4.69, 9.17) is 11.6 Å². The summed E-state index contributed by atoms with van der Waals surface area (Å²) in [6.45, 7) is 5.97. The van der Waals surface area contributed by atoms with Gasteiger partial charge in [-0.05, 0) is 49.1 Å². The van der Waals surface area contributed by atoms with Crippen molar-refractivity contribution in [2.45, 2.75) is 33.6 Å². The van der Waals surface area contributed by atoms with E-state index in [-0.39, 0.29) is 22.6 Å². The summed E-state index contributed by atoms with van der Waals surface area (Å²) < 4.78 is 1.50. The molecule has 0 bridgehead atoms. The first-order valence-corrected chi connectivity index (χ1v) is 10.3. The molecule has 0 spiro atoms. The molecule has 0 saturated carbocycles. The van der Waals surface area contributed by atoms with Crippen molar-refractivity contribution in [3.05, 3.63) is 86.4 Å². The van der Waals surface area contributed by atoms with Crippen LogP contribution in [0.5, 0.6) is 0 Å². The maximum absolute atomic E-state index is 13.5. The zero-order chi connectivity index (χ0) is 22.3. The number of amides is 1. The molecular weight excluding hydrogens is 414 g/mol. The van der Waals surface area contributed by atoms with Crippen LogP contribution in [0.15, 0.2) is 53.5 Å². The van der Waals surface area contributed by atoms with Gasteiger partial charge in [0.1, 0.15) is 11.4 Å². The van der Waals surface area contributed by atoms with E-state index >= 15 is 0 Å². The zero-order valence-corrected chi connectivity index (χ0v) is 18.3. The van der Waals surface area contributed by atoms with Crippen molar-refractivity contribution in [3.63, 3.8) is 0 Å². The van der Waals surface area contributed by atoms with Crippen molar-refractivity contribution in [2.24, 2.45) is 5.41 Å². The van der Waals surface area contributed by atoms with Gasteiger partial charge in [-0.1, -0.05) is 43.1 Å². The number of nitrogens with zero attached hydrogens (tertiary/aromatic N) is 2. The highest BCUT2D eigenvalue weighted by atomic mass is 35.5. The molecule has 1 amide bonds. The van der Waals surface area contributed by atoms with Crippen LogP contribution in [0.3, 0.4) is 0 Å². The fraction of sp³-hybridized carbons (Fsp3) is 0.250. The number of benzene rings is 1. The van der Waals surface area contributed by atoms with Gasteiger partial charge < -0.3 is 5.32 Å². The van der Waals surface area contributed by atoms with Crippen molar-refractivity contribution in [1.82, 2.24) is 9.55 Å². The lowest BCUT2D eigenvalue weighted by molar-refractivity contribution is 0.0909. The number of halogens is 1. The van der Waals surface area contributed by atoms with E-state index in [2.05, 4.69) is 10.3 Å². The molecule has 1 aliphatic rings. The molecule has 0 atom stereocenters. The van der Waals surface area contributed by atoms with E-state index in [1.807, 2.05) is 45.0 Å². The van der Waals surface area contributed by atoms with Crippen LogP contribution in [0.1, 0.15) is 52.2 Å². The van der Waals surface area contributed by atoms with Crippen LogP contribution in [0.2, 0.25) is 5.02 Å². The fourth-order valence-corrected chi connectivity index (χ4v) is 3.99. The Labute approximate surface area is 184 Å². The molecule has 3 aromatic rings. The van der Waals surface area contributed by atoms with Gasteiger partial charge in [-0.2, -0.15) is 0 Å². The molecule has 1 aromatic carbocycles. The predicted octanol–water partition coefficient (Wildman–Crippen LogP) is 4.60. The summed E-state index contributed by atoms with van der Waals surface area (Å²) in [5, 5.41) is 3.05. The van der Waals surface area contributed by atoms with Crippen LogP contribution in [-0.2, 0) is 6.42 Å². The molecule has 158 valence electrons. The molecule has 7 heteroatoms. The summed E-state index contributed by atoms with van der Waals surface area (Å²) in [6, 6.07) is 12.0. The summed E-state index contributed by atoms with van der Waals surface area (Å²) in [5.41, 5.74) is 1.86. The minimum absolute atomic E-state index is 0.0780. The number of hydrogen-bond acceptors (Lipinski definition) is 4. The summed E-state index contributed by atoms with van der Waals surface area (Å²) in [5.74, 6) is -0.437. The monoisotopic (exact) mass is 435 g/mol. The Balaban J connectivity index is 1.88. The summed E-state index contributed by atoms with van der Waals surface area (Å²) in [4.78, 5) is 43.4. The van der Waals surface area contributed by atoms with Crippen LogP contribution in [0, 0.1) is 12.3 Å². The van der Waals surface area contributed by atoms with E-state index in [1.165, 1.54) is 16.8 Å². The van der Waals surface area contributed by atoms with E-state index in [0.717, 1.165) is 5.56 Å². The average Bonchev–Trinajstić information content (AvgIpc) is 2.69. The SMILES string of the molecule is Cc1ccc(-n2c3c(cc(C(=O)Nc4ccc(Cl)cn4)c2=O)C(=O)CC(C)(C)C3)cc1. The predicted molar refractivity (Wildman–Crippen MR) is 120 cm³/mol. The first-order chi connectivity index (χ1) is 14.6. The van der Waals surface area contributed by atoms with Crippen LogP contribution in [0.4, 0.5) is 5.82 Å². The topological polar surface area (TPSA) is 81.1 Å². The number of fused-ring (bicyclic) bond motifs is 1. The lowest BCUT2D eigenvalue weighted by Gasteiger charge is -2.32. The molecule has 0 fully saturated rings. The molecular formula is C24H22ClN3O3. The molecule has 2 aromatic heterocycles. The number of pyridine rings is 2. The maximum atomic E-state index is 13.5. The number of aromatic nitrogens is 2. The van der Waals surface area contributed by atoms with Crippen molar-refractivity contribution >= 4 is 29.1 Å². The van der Waals surface area contributed by atoms with Crippen molar-refractivity contribution in [1.29, 1.82) is 0 Å². The standard InChI is InChI=1S/C24H22ClN3O3/c1-14-4-7-16(8-5-14)28-19-11-24(2,3)12-20(29)17(19)10-18(23(28)31)22(30)27-21-9-6-15(25)13-26-21/h4-10,13H,11-12H2,1-3H3,(H,26,27,30). The lowest BCUT2D eigenvalue weighted by atomic mass is 9.75. The largest absolute Gasteiger partial charge is 0.306 e. The highest BCUT2D eigenvalue weighted by Gasteiger charge is 2.35. The first-order valence-electron chi connectivity index (χ1n) is 9.97. The Kier molecular flexibility index (Phi) is 5.27. The quantitative estimate of drug-likeness (QED) is 0.651. The van der Waals surface area contributed by atoms with Gasteiger partial charge >= 0.3 is 0 Å². The van der Waals surface area contributed by atoms with Gasteiger partial charge in [0.15, 0.2) is 5.78 Å². The first kappa shape index (κ1) is 21.0. The van der Waals surface area contributed by atoms with Crippen LogP contribution in [-0.4, -0.2) is 21.2 Å². The number of Topliss-reactive ketones (excluding diaryl/α,β-unsaturated/α-hetero) is 1. The third kappa shape index (κ3) is 4.16. The second kappa shape index (κ2) is 7.78. The third-order valence-electron chi connectivity index (χ3n) is 5.39. The highest BCUT2D eigenvalue weighted by molar-refractivity contribution is 6.30. The number of rotatable bonds is 3. The third-order valence-corrected chi connectivity index (χ3v) is 5.62. The molecule has 1 aliphatic carbocycles. The van der Waals surface area contributed by atoms with Gasteiger partial charge in [-0.15, -0.1) is 0 Å². The smallest absolute Gasteiger partial charge is 0.268 e. The van der Waals surface area contributed by atoms with Crippen LogP contribution >= 0.6 is 11.6 Å². The van der Waals surface area contributed by atoms with Gasteiger partial charge in [-0.25, -0.2) is 4.98 Å². The minimum atomic E-state index is -0.624. The second-order valence-corrected chi connectivity index (χ2v) is 9.09. The molecule has 0 aliphatic heterocycles. The van der Waals surface area contributed by atoms with Crippen LogP contribution < -0.4 is 10.9 Å². The normalized spacial score (nSPS) is 14.8. The highest BCUT2D eigenvalue weighted by Crippen LogP contribution is 2.35. The minimum Gasteiger partial charge on any atom is -0.306 e. The lowest BCUT2D eigenvalue weighted by Crippen LogP contribution is -2.37. The molecule has 2 heterocycles. The van der Waals surface area contributed by atoms with E-state index in [0.29, 0.717) is 34.8 Å². The number of carbonyl (C=O) groups excluding carboxylic acids is 2. The number of hydrogen-bond donors (Lipinski definition) is 1. The molecule has 4 rings (SSSR count). The molecule has 1 N–H and O–H groups in total. The summed E-state index contributed by atoms with van der Waals surface area (Å²) in [6.07, 6.45) is 2.31. The summed E-state index contributed by atoms with van der Waals surface area (Å²) in [7, 11) is 0. The van der Waals surface area contributed by atoms with Crippen molar-refractivity contribution in [3.8, 4) is 5.69 Å². The second-order valence-electron chi connectivity index (χ2n) is 8.65. The van der Waals surface area contributed by atoms with Crippen molar-refractivity contribution in [2.75, 3.05) is 5.32 Å². The van der Waals surface area contributed by atoms with Gasteiger partial charge in [0.05, 0.1) is 5.02 Å². The number of anilines is 1. The fourth-order valence-electron chi connectivity index (χ4n) is 3.88. The Morgan fingerprint density at radius 3 is 2.45 bits per heavy atom. The van der Waals surface area contributed by atoms with Gasteiger partial charge in [0.25, 0.3) is 11.5 Å². The zero-order valence-electron chi connectivity index (χ0n) is 17.5. The number of aryl methyl sites for hydroxylation is 1. The van der Waals surface area contributed by atoms with E-state index in [9.17, 15) is 14.4 Å². The number of ketones is 1. The van der Waals surface area contributed by atoms with Crippen LogP contribution in [0.25, 0.3) is 5.69 Å². The van der Waals surface area contributed by atoms with Gasteiger partial charge in [0.2, 0.25) is 0 Å². The Hall–Kier alpha value is -3.25.